The number of aromatic carboxylic acids is 1. The van der Waals surface area contributed by atoms with Gasteiger partial charge in [-0.15, -0.1) is 0 Å². The highest BCUT2D eigenvalue weighted by Gasteiger charge is 2.10. The zero-order valence-electron chi connectivity index (χ0n) is 25.9. The lowest BCUT2D eigenvalue weighted by molar-refractivity contribution is -0.137. The van der Waals surface area contributed by atoms with E-state index in [1.54, 1.807) is 12.1 Å². The standard InChI is InChI=1S/C36H53NO5/c1-3-5-12-26-37(25-6-4-2)27-13-7-14-28-42-34-17-10-9-16-32(34)22-19-30(15-8-11-18-35(38)39)29-31-20-23-33(24-21-31)36(40)41/h9-10,16-17,19-24,30H,3-8,11-15,18,25-29H2,1-2H3,(H,38,39)(H,40,41). The predicted molar refractivity (Wildman–Crippen MR) is 172 cm³/mol. The molecule has 2 aromatic carbocycles. The molecule has 0 heterocycles. The van der Waals surface area contributed by atoms with Gasteiger partial charge in [0, 0.05) is 12.0 Å². The second-order valence-corrected chi connectivity index (χ2v) is 11.3. The van der Waals surface area contributed by atoms with E-state index >= 15 is 0 Å². The average Bonchev–Trinajstić information content (AvgIpc) is 2.98. The SMILES string of the molecule is CCCCCN(CCCC)CCCCCOc1ccccc1C=CC(CCCCC(=O)O)Cc1ccc(C(=O)O)cc1. The summed E-state index contributed by atoms with van der Waals surface area (Å²) in [5, 5.41) is 18.2. The molecule has 232 valence electrons. The van der Waals surface area contributed by atoms with Crippen molar-refractivity contribution in [1.82, 2.24) is 4.90 Å². The van der Waals surface area contributed by atoms with Crippen molar-refractivity contribution >= 4 is 18.0 Å². The van der Waals surface area contributed by atoms with Crippen LogP contribution in [0.2, 0.25) is 0 Å². The molecule has 1 unspecified atom stereocenters. The number of carboxylic acids is 2. The van der Waals surface area contributed by atoms with Crippen molar-refractivity contribution in [2.24, 2.45) is 5.92 Å². The number of carbonyl (C=O) groups is 2. The summed E-state index contributed by atoms with van der Waals surface area (Å²) in [4.78, 5) is 24.8. The first-order chi connectivity index (χ1) is 20.4. The number of hydrogen-bond donors (Lipinski definition) is 2. The molecule has 0 aliphatic rings. The minimum Gasteiger partial charge on any atom is -0.493 e. The maximum atomic E-state index is 11.2. The van der Waals surface area contributed by atoms with Crippen molar-refractivity contribution in [3.8, 4) is 5.75 Å². The van der Waals surface area contributed by atoms with Crippen molar-refractivity contribution in [2.75, 3.05) is 26.2 Å². The Morgan fingerprint density at radius 3 is 2.19 bits per heavy atom. The van der Waals surface area contributed by atoms with Crippen molar-refractivity contribution in [3.05, 3.63) is 71.3 Å². The van der Waals surface area contributed by atoms with Crippen molar-refractivity contribution in [1.29, 1.82) is 0 Å². The minimum absolute atomic E-state index is 0.177. The number of para-hydroxylation sites is 1. The van der Waals surface area contributed by atoms with Gasteiger partial charge in [-0.05, 0) is 101 Å². The number of nitrogens with zero attached hydrogens (tertiary/aromatic N) is 1. The molecule has 6 nitrogen and oxygen atoms in total. The Balaban J connectivity index is 1.91. The number of benzene rings is 2. The molecule has 0 saturated carbocycles. The lowest BCUT2D eigenvalue weighted by atomic mass is 9.92. The molecule has 0 fully saturated rings. The topological polar surface area (TPSA) is 87.1 Å². The molecule has 0 aromatic heterocycles. The maximum absolute atomic E-state index is 11.2. The molecule has 0 radical (unpaired) electrons. The third kappa shape index (κ3) is 15.2. The maximum Gasteiger partial charge on any atom is 0.335 e. The summed E-state index contributed by atoms with van der Waals surface area (Å²) in [6.45, 7) is 8.83. The summed E-state index contributed by atoms with van der Waals surface area (Å²) in [5.74, 6) is -0.610. The van der Waals surface area contributed by atoms with E-state index in [1.165, 1.54) is 58.2 Å². The van der Waals surface area contributed by atoms with E-state index in [9.17, 15) is 14.7 Å². The van der Waals surface area contributed by atoms with E-state index in [1.807, 2.05) is 30.3 Å². The monoisotopic (exact) mass is 579 g/mol. The zero-order valence-corrected chi connectivity index (χ0v) is 25.9. The highest BCUT2D eigenvalue weighted by atomic mass is 16.5. The van der Waals surface area contributed by atoms with Crippen LogP contribution in [0.15, 0.2) is 54.6 Å². The largest absolute Gasteiger partial charge is 0.493 e. The fourth-order valence-corrected chi connectivity index (χ4v) is 5.12. The third-order valence-electron chi connectivity index (χ3n) is 7.66. The third-order valence-corrected chi connectivity index (χ3v) is 7.66. The highest BCUT2D eigenvalue weighted by Crippen LogP contribution is 2.24. The summed E-state index contributed by atoms with van der Waals surface area (Å²) in [5.41, 5.74) is 2.38. The lowest BCUT2D eigenvalue weighted by Crippen LogP contribution is -2.27. The van der Waals surface area contributed by atoms with Crippen LogP contribution in [-0.2, 0) is 11.2 Å². The molecule has 0 aliphatic carbocycles. The minimum atomic E-state index is -0.931. The molecule has 2 N–H and O–H groups in total. The van der Waals surface area contributed by atoms with Gasteiger partial charge in [0.15, 0.2) is 0 Å². The Labute approximate surface area is 253 Å². The quantitative estimate of drug-likeness (QED) is 0.121. The number of carboxylic acid groups (broad SMARTS) is 2. The summed E-state index contributed by atoms with van der Waals surface area (Å²) in [7, 11) is 0. The van der Waals surface area contributed by atoms with Gasteiger partial charge in [0.1, 0.15) is 5.75 Å². The van der Waals surface area contributed by atoms with Gasteiger partial charge in [-0.25, -0.2) is 4.79 Å². The first-order valence-corrected chi connectivity index (χ1v) is 16.1. The van der Waals surface area contributed by atoms with Gasteiger partial charge in [-0.1, -0.05) is 82.0 Å². The molecule has 2 rings (SSSR count). The molecule has 2 aromatic rings. The van der Waals surface area contributed by atoms with Crippen LogP contribution in [0.4, 0.5) is 0 Å². The number of unbranched alkanes of at least 4 members (excludes halogenated alkanes) is 6. The van der Waals surface area contributed by atoms with Crippen LogP contribution in [-0.4, -0.2) is 53.3 Å². The van der Waals surface area contributed by atoms with E-state index < -0.39 is 11.9 Å². The Morgan fingerprint density at radius 2 is 1.50 bits per heavy atom. The van der Waals surface area contributed by atoms with Gasteiger partial charge in [0.2, 0.25) is 0 Å². The van der Waals surface area contributed by atoms with Crippen LogP contribution in [0, 0.1) is 5.92 Å². The van der Waals surface area contributed by atoms with Crippen LogP contribution >= 0.6 is 0 Å². The van der Waals surface area contributed by atoms with E-state index in [0.29, 0.717) is 13.0 Å². The van der Waals surface area contributed by atoms with Crippen LogP contribution < -0.4 is 4.74 Å². The summed E-state index contributed by atoms with van der Waals surface area (Å²) < 4.78 is 6.21. The first-order valence-electron chi connectivity index (χ1n) is 16.1. The number of rotatable bonds is 24. The van der Waals surface area contributed by atoms with Gasteiger partial charge in [0.25, 0.3) is 0 Å². The fourth-order valence-electron chi connectivity index (χ4n) is 5.12. The molecule has 42 heavy (non-hydrogen) atoms. The van der Waals surface area contributed by atoms with Crippen LogP contribution in [0.25, 0.3) is 6.08 Å². The number of allylic oxidation sites excluding steroid dienone is 1. The number of hydrogen-bond acceptors (Lipinski definition) is 4. The average molecular weight is 580 g/mol. The van der Waals surface area contributed by atoms with E-state index in [4.69, 9.17) is 9.84 Å². The predicted octanol–water partition coefficient (Wildman–Crippen LogP) is 8.74. The van der Waals surface area contributed by atoms with E-state index in [0.717, 1.165) is 49.0 Å². The molecule has 0 spiro atoms. The summed E-state index contributed by atoms with van der Waals surface area (Å²) in [6, 6.07) is 15.1. The number of ether oxygens (including phenoxy) is 1. The second kappa shape index (κ2) is 21.6. The molecule has 6 heteroatoms. The molecule has 0 amide bonds. The molecule has 0 saturated heterocycles. The van der Waals surface area contributed by atoms with Crippen LogP contribution in [0.3, 0.4) is 0 Å². The van der Waals surface area contributed by atoms with Crippen LogP contribution in [0.1, 0.15) is 112 Å². The second-order valence-electron chi connectivity index (χ2n) is 11.3. The Hall–Kier alpha value is -3.12. The van der Waals surface area contributed by atoms with E-state index in [-0.39, 0.29) is 17.9 Å². The fraction of sp³-hybridized carbons (Fsp3) is 0.556. The molecule has 0 bridgehead atoms. The summed E-state index contributed by atoms with van der Waals surface area (Å²) >= 11 is 0. The van der Waals surface area contributed by atoms with Gasteiger partial charge in [-0.3, -0.25) is 4.79 Å². The Kier molecular flexibility index (Phi) is 18.0. The van der Waals surface area contributed by atoms with Gasteiger partial charge in [0.05, 0.1) is 12.2 Å². The van der Waals surface area contributed by atoms with Gasteiger partial charge in [-0.2, -0.15) is 0 Å². The Morgan fingerprint density at radius 1 is 0.810 bits per heavy atom. The molecule has 0 aliphatic heterocycles. The highest BCUT2D eigenvalue weighted by molar-refractivity contribution is 5.87. The molecular weight excluding hydrogens is 526 g/mol. The normalized spacial score (nSPS) is 12.2. The first kappa shape index (κ1) is 35.1. The van der Waals surface area contributed by atoms with Gasteiger partial charge >= 0.3 is 11.9 Å². The van der Waals surface area contributed by atoms with Crippen molar-refractivity contribution in [3.63, 3.8) is 0 Å². The van der Waals surface area contributed by atoms with Crippen molar-refractivity contribution in [2.45, 2.75) is 97.3 Å². The molecule has 1 atom stereocenters. The number of aliphatic carboxylic acids is 1. The molecular formula is C36H53NO5. The lowest BCUT2D eigenvalue weighted by Gasteiger charge is -2.22. The Bertz CT molecular complexity index is 1050. The van der Waals surface area contributed by atoms with Crippen LogP contribution in [0.5, 0.6) is 5.75 Å². The van der Waals surface area contributed by atoms with E-state index in [2.05, 4.69) is 37.0 Å². The summed E-state index contributed by atoms with van der Waals surface area (Å²) in [6.07, 6.45) is 17.4. The van der Waals surface area contributed by atoms with Gasteiger partial charge < -0.3 is 19.8 Å². The smallest absolute Gasteiger partial charge is 0.335 e. The zero-order chi connectivity index (χ0) is 30.4. The van der Waals surface area contributed by atoms with Crippen molar-refractivity contribution < 1.29 is 24.5 Å².